The van der Waals surface area contributed by atoms with E-state index in [1.807, 2.05) is 0 Å². The number of carbonyl (C=O) groups is 2. The number of nitrogens with zero attached hydrogens (tertiary/aromatic N) is 2. The Labute approximate surface area is 176 Å². The van der Waals surface area contributed by atoms with Crippen LogP contribution in [0.25, 0.3) is 11.0 Å². The number of rotatable bonds is 6. The maximum atomic E-state index is 12.5. The molecule has 0 saturated carbocycles. The summed E-state index contributed by atoms with van der Waals surface area (Å²) in [6.45, 7) is -0.0555. The summed E-state index contributed by atoms with van der Waals surface area (Å²) in [7, 11) is 1.56. The molecule has 2 aromatic carbocycles. The van der Waals surface area contributed by atoms with E-state index in [1.165, 1.54) is 23.1 Å². The van der Waals surface area contributed by atoms with Crippen LogP contribution in [0.4, 0.5) is 11.4 Å². The van der Waals surface area contributed by atoms with Gasteiger partial charge in [0.1, 0.15) is 23.4 Å². The van der Waals surface area contributed by atoms with Crippen molar-refractivity contribution in [1.82, 2.24) is 9.78 Å². The van der Waals surface area contributed by atoms with Crippen molar-refractivity contribution >= 4 is 34.2 Å². The minimum Gasteiger partial charge on any atom is -0.497 e. The molecule has 0 aliphatic rings. The molecule has 31 heavy (non-hydrogen) atoms. The van der Waals surface area contributed by atoms with E-state index in [0.717, 1.165) is 0 Å². The lowest BCUT2D eigenvalue weighted by Gasteiger charge is -2.06. The van der Waals surface area contributed by atoms with Crippen LogP contribution in [-0.2, 0) is 11.3 Å². The molecule has 2 heterocycles. The molecule has 0 saturated heterocycles. The molecule has 2 amide bonds. The number of hydrogen-bond acceptors (Lipinski definition) is 6. The third-order valence-electron chi connectivity index (χ3n) is 4.46. The zero-order valence-corrected chi connectivity index (χ0v) is 16.5. The van der Waals surface area contributed by atoms with Crippen LogP contribution in [0.1, 0.15) is 10.4 Å². The largest absolute Gasteiger partial charge is 0.497 e. The van der Waals surface area contributed by atoms with E-state index < -0.39 is 11.5 Å². The van der Waals surface area contributed by atoms with Crippen molar-refractivity contribution < 1.29 is 18.7 Å². The van der Waals surface area contributed by atoms with E-state index in [4.69, 9.17) is 9.15 Å². The third kappa shape index (κ3) is 4.61. The number of hydrogen-bond donors (Lipinski definition) is 2. The Kier molecular flexibility index (Phi) is 5.48. The molecule has 0 fully saturated rings. The number of ether oxygens (including phenoxy) is 1. The van der Waals surface area contributed by atoms with Crippen LogP contribution in [0.3, 0.4) is 0 Å². The molecule has 0 radical (unpaired) electrons. The molecule has 0 spiro atoms. The van der Waals surface area contributed by atoms with Crippen LogP contribution in [0.15, 0.2) is 76.2 Å². The highest BCUT2D eigenvalue weighted by atomic mass is 16.5. The van der Waals surface area contributed by atoms with E-state index in [-0.39, 0.29) is 18.0 Å². The number of methoxy groups -OCH3 is 1. The Morgan fingerprint density at radius 3 is 2.61 bits per heavy atom. The minimum absolute atomic E-state index is 0.0555. The smallest absolute Gasteiger partial charge is 0.349 e. The molecular formula is C22H18N4O5. The monoisotopic (exact) mass is 418 g/mol. The quantitative estimate of drug-likeness (QED) is 0.465. The topological polar surface area (TPSA) is 115 Å². The van der Waals surface area contributed by atoms with Crippen LogP contribution < -0.4 is 21.0 Å². The van der Waals surface area contributed by atoms with E-state index in [1.54, 1.807) is 55.6 Å². The van der Waals surface area contributed by atoms with Crippen molar-refractivity contribution in [1.29, 1.82) is 0 Å². The number of aromatic nitrogens is 2. The van der Waals surface area contributed by atoms with Crippen molar-refractivity contribution in [3.63, 3.8) is 0 Å². The predicted octanol–water partition coefficient (Wildman–Crippen LogP) is 2.89. The summed E-state index contributed by atoms with van der Waals surface area (Å²) in [6.07, 6.45) is 2.88. The molecule has 4 rings (SSSR count). The summed E-state index contributed by atoms with van der Waals surface area (Å²) in [4.78, 5) is 36.8. The minimum atomic E-state index is -0.734. The van der Waals surface area contributed by atoms with Gasteiger partial charge in [0.2, 0.25) is 5.91 Å². The molecule has 2 aromatic heterocycles. The molecule has 156 valence electrons. The van der Waals surface area contributed by atoms with E-state index in [0.29, 0.717) is 28.1 Å². The van der Waals surface area contributed by atoms with Crippen LogP contribution >= 0.6 is 0 Å². The van der Waals surface area contributed by atoms with Gasteiger partial charge in [-0.15, -0.1) is 0 Å². The van der Waals surface area contributed by atoms with E-state index in [2.05, 4.69) is 15.7 Å². The fraction of sp³-hybridized carbons (Fsp3) is 0.0909. The number of benzene rings is 2. The lowest BCUT2D eigenvalue weighted by atomic mass is 10.2. The van der Waals surface area contributed by atoms with Crippen LogP contribution in [-0.4, -0.2) is 28.7 Å². The number of carbonyl (C=O) groups excluding carboxylic acids is 2. The summed E-state index contributed by atoms with van der Waals surface area (Å²) in [5.41, 5.74) is 0.509. The first-order valence-corrected chi connectivity index (χ1v) is 9.32. The average Bonchev–Trinajstić information content (AvgIpc) is 3.20. The predicted molar refractivity (Wildman–Crippen MR) is 114 cm³/mol. The van der Waals surface area contributed by atoms with Gasteiger partial charge >= 0.3 is 5.63 Å². The maximum Gasteiger partial charge on any atom is 0.349 e. The van der Waals surface area contributed by atoms with Crippen LogP contribution in [0.5, 0.6) is 5.75 Å². The molecule has 0 unspecified atom stereocenters. The molecule has 0 aliphatic carbocycles. The number of nitrogens with one attached hydrogen (secondary N) is 2. The second kappa shape index (κ2) is 8.54. The first kappa shape index (κ1) is 19.9. The van der Waals surface area contributed by atoms with Gasteiger partial charge in [0, 0.05) is 17.3 Å². The molecule has 0 aliphatic heterocycles. The molecule has 9 nitrogen and oxygen atoms in total. The Morgan fingerprint density at radius 2 is 1.84 bits per heavy atom. The van der Waals surface area contributed by atoms with Crippen LogP contribution in [0.2, 0.25) is 0 Å². The third-order valence-corrected chi connectivity index (χ3v) is 4.46. The standard InChI is InChI=1S/C22H18N4O5/c1-30-17-8-6-15(7-9-17)24-20(27)13-26-12-16(11-23-26)25-21(28)18-10-14-4-2-3-5-19(14)31-22(18)29/h2-12H,13H2,1H3,(H,24,27)(H,25,28). The lowest BCUT2D eigenvalue weighted by Crippen LogP contribution is -2.20. The average molecular weight is 418 g/mol. The highest BCUT2D eigenvalue weighted by Crippen LogP contribution is 2.16. The molecule has 4 aromatic rings. The zero-order chi connectivity index (χ0) is 21.8. The summed E-state index contributed by atoms with van der Waals surface area (Å²) >= 11 is 0. The molecule has 2 N–H and O–H groups in total. The number of amides is 2. The summed E-state index contributed by atoms with van der Waals surface area (Å²) in [5.74, 6) is -0.228. The van der Waals surface area contributed by atoms with Gasteiger partial charge < -0.3 is 19.8 Å². The van der Waals surface area contributed by atoms with Gasteiger partial charge in [-0.25, -0.2) is 4.79 Å². The number of fused-ring (bicyclic) bond motifs is 1. The van der Waals surface area contributed by atoms with E-state index in [9.17, 15) is 14.4 Å². The van der Waals surface area contributed by atoms with Gasteiger partial charge in [0.15, 0.2) is 0 Å². The van der Waals surface area contributed by atoms with Crippen molar-refractivity contribution in [2.75, 3.05) is 17.7 Å². The van der Waals surface area contributed by atoms with Crippen molar-refractivity contribution in [3.8, 4) is 5.75 Å². The lowest BCUT2D eigenvalue weighted by molar-refractivity contribution is -0.116. The van der Waals surface area contributed by atoms with Crippen molar-refractivity contribution in [2.24, 2.45) is 0 Å². The van der Waals surface area contributed by atoms with Gasteiger partial charge in [-0.1, -0.05) is 18.2 Å². The van der Waals surface area contributed by atoms with Crippen LogP contribution in [0, 0.1) is 0 Å². The first-order chi connectivity index (χ1) is 15.0. The highest BCUT2D eigenvalue weighted by molar-refractivity contribution is 6.05. The Balaban J connectivity index is 1.40. The van der Waals surface area contributed by atoms with Crippen molar-refractivity contribution in [2.45, 2.75) is 6.54 Å². The molecule has 0 atom stereocenters. The van der Waals surface area contributed by atoms with Gasteiger partial charge in [-0.2, -0.15) is 5.10 Å². The summed E-state index contributed by atoms with van der Waals surface area (Å²) < 4.78 is 11.6. The Hall–Kier alpha value is -4.40. The normalized spacial score (nSPS) is 10.6. The zero-order valence-electron chi connectivity index (χ0n) is 16.5. The SMILES string of the molecule is COc1ccc(NC(=O)Cn2cc(NC(=O)c3cc4ccccc4oc3=O)cn2)cc1. The number of para-hydroxylation sites is 1. The summed E-state index contributed by atoms with van der Waals surface area (Å²) in [5, 5.41) is 10.0. The molecule has 0 bridgehead atoms. The summed E-state index contributed by atoms with van der Waals surface area (Å²) in [6, 6.07) is 15.3. The maximum absolute atomic E-state index is 12.5. The number of anilines is 2. The first-order valence-electron chi connectivity index (χ1n) is 9.32. The molecule has 9 heteroatoms. The highest BCUT2D eigenvalue weighted by Gasteiger charge is 2.15. The van der Waals surface area contributed by atoms with E-state index >= 15 is 0 Å². The van der Waals surface area contributed by atoms with Gasteiger partial charge in [0.05, 0.1) is 19.0 Å². The van der Waals surface area contributed by atoms with Crippen molar-refractivity contribution in [3.05, 3.63) is 83.0 Å². The Bertz CT molecular complexity index is 1310. The second-order valence-electron chi connectivity index (χ2n) is 6.64. The Morgan fingerprint density at radius 1 is 1.06 bits per heavy atom. The fourth-order valence-electron chi connectivity index (χ4n) is 2.96. The molecular weight excluding hydrogens is 400 g/mol. The van der Waals surface area contributed by atoms with Gasteiger partial charge in [-0.05, 0) is 36.4 Å². The fourth-order valence-corrected chi connectivity index (χ4v) is 2.96. The van der Waals surface area contributed by atoms with Gasteiger partial charge in [0.25, 0.3) is 5.91 Å². The second-order valence-corrected chi connectivity index (χ2v) is 6.64. The van der Waals surface area contributed by atoms with Gasteiger partial charge in [-0.3, -0.25) is 14.3 Å².